The van der Waals surface area contributed by atoms with Gasteiger partial charge in [-0.15, -0.1) is 12.4 Å². The maximum absolute atomic E-state index is 11.8. The highest BCUT2D eigenvalue weighted by Crippen LogP contribution is 2.39. The molecule has 5 aromatic rings. The second-order valence-electron chi connectivity index (χ2n) is 10.9. The zero-order chi connectivity index (χ0) is 27.3. The summed E-state index contributed by atoms with van der Waals surface area (Å²) >= 11 is 0. The SMILES string of the molecule is Cl.Nc1ncccc1-c1nc2ccc(-c3cccc(N4CCC(=O)CC4)c3)nc2n1-c1ccc(C2(N)CCC2)cc1. The molecule has 9 heteroatoms. The Morgan fingerprint density at radius 1 is 0.854 bits per heavy atom. The summed E-state index contributed by atoms with van der Waals surface area (Å²) in [4.78, 5) is 28.4. The average molecular weight is 566 g/mol. The van der Waals surface area contributed by atoms with E-state index in [0.717, 1.165) is 70.9 Å². The molecule has 2 aromatic carbocycles. The number of aromatic nitrogens is 4. The van der Waals surface area contributed by atoms with Crippen LogP contribution in [0.2, 0.25) is 0 Å². The lowest BCUT2D eigenvalue weighted by Crippen LogP contribution is -2.43. The molecule has 0 unspecified atom stereocenters. The van der Waals surface area contributed by atoms with Crippen molar-refractivity contribution < 1.29 is 4.79 Å². The predicted molar refractivity (Wildman–Crippen MR) is 165 cm³/mol. The number of ketones is 1. The van der Waals surface area contributed by atoms with Gasteiger partial charge in [0, 0.05) is 54.6 Å². The fraction of sp³-hybridized carbons (Fsp3) is 0.250. The number of hydrogen-bond acceptors (Lipinski definition) is 7. The van der Waals surface area contributed by atoms with Crippen LogP contribution in [0.3, 0.4) is 0 Å². The van der Waals surface area contributed by atoms with E-state index in [-0.39, 0.29) is 17.9 Å². The minimum Gasteiger partial charge on any atom is -0.383 e. The van der Waals surface area contributed by atoms with E-state index in [0.29, 0.717) is 30.3 Å². The first-order valence-corrected chi connectivity index (χ1v) is 13.9. The number of imidazole rings is 1. The smallest absolute Gasteiger partial charge is 0.165 e. The number of rotatable bonds is 5. The van der Waals surface area contributed by atoms with Gasteiger partial charge in [-0.1, -0.05) is 24.3 Å². The van der Waals surface area contributed by atoms with Crippen LogP contribution in [0.25, 0.3) is 39.5 Å². The van der Waals surface area contributed by atoms with Gasteiger partial charge >= 0.3 is 0 Å². The van der Waals surface area contributed by atoms with E-state index in [9.17, 15) is 4.79 Å². The molecule has 7 rings (SSSR count). The molecule has 0 amide bonds. The highest BCUT2D eigenvalue weighted by atomic mass is 35.5. The normalized spacial score (nSPS) is 16.3. The van der Waals surface area contributed by atoms with Gasteiger partial charge in [0.25, 0.3) is 0 Å². The Bertz CT molecular complexity index is 1730. The van der Waals surface area contributed by atoms with Crippen LogP contribution in [0, 0.1) is 0 Å². The highest BCUT2D eigenvalue weighted by molar-refractivity contribution is 5.86. The number of fused-ring (bicyclic) bond motifs is 1. The number of Topliss-reactive ketones (excluding diaryl/α,β-unsaturated/α-hetero) is 1. The van der Waals surface area contributed by atoms with Crippen molar-refractivity contribution in [2.24, 2.45) is 5.73 Å². The van der Waals surface area contributed by atoms with E-state index in [1.54, 1.807) is 6.20 Å². The zero-order valence-corrected chi connectivity index (χ0v) is 23.5. The van der Waals surface area contributed by atoms with Gasteiger partial charge in [0.05, 0.1) is 11.3 Å². The summed E-state index contributed by atoms with van der Waals surface area (Å²) < 4.78 is 2.06. The van der Waals surface area contributed by atoms with Crippen molar-refractivity contribution in [2.45, 2.75) is 37.6 Å². The van der Waals surface area contributed by atoms with Crippen LogP contribution in [0.4, 0.5) is 11.5 Å². The number of pyridine rings is 2. The van der Waals surface area contributed by atoms with Gasteiger partial charge in [0.1, 0.15) is 17.1 Å². The van der Waals surface area contributed by atoms with E-state index in [1.807, 2.05) is 30.3 Å². The van der Waals surface area contributed by atoms with Crippen LogP contribution in [0.15, 0.2) is 79.0 Å². The van der Waals surface area contributed by atoms with Crippen molar-refractivity contribution in [3.63, 3.8) is 0 Å². The number of carbonyl (C=O) groups excluding carboxylic acids is 1. The summed E-state index contributed by atoms with van der Waals surface area (Å²) in [7, 11) is 0. The number of nitrogens with zero attached hydrogens (tertiary/aromatic N) is 5. The Balaban J connectivity index is 0.00000302. The first kappa shape index (κ1) is 26.9. The highest BCUT2D eigenvalue weighted by Gasteiger charge is 2.34. The third-order valence-corrected chi connectivity index (χ3v) is 8.36. The molecule has 0 bridgehead atoms. The third-order valence-electron chi connectivity index (χ3n) is 8.36. The molecule has 4 heterocycles. The summed E-state index contributed by atoms with van der Waals surface area (Å²) in [5, 5.41) is 0. The molecule has 2 fully saturated rings. The Morgan fingerprint density at radius 3 is 2.34 bits per heavy atom. The van der Waals surface area contributed by atoms with Crippen LogP contribution in [-0.4, -0.2) is 38.4 Å². The van der Waals surface area contributed by atoms with Crippen LogP contribution in [0.1, 0.15) is 37.7 Å². The zero-order valence-electron chi connectivity index (χ0n) is 22.7. The topological polar surface area (TPSA) is 116 Å². The van der Waals surface area contributed by atoms with Crippen molar-refractivity contribution in [3.05, 3.63) is 84.6 Å². The monoisotopic (exact) mass is 565 g/mol. The summed E-state index contributed by atoms with van der Waals surface area (Å²) in [6.07, 6.45) is 6.06. The Labute approximate surface area is 244 Å². The standard InChI is InChI=1S/C32H31N7O.ClH/c33-29-26(6-2-17-35-29)30-37-28-12-11-27(21-4-1-5-24(20-21)38-18-13-25(40)14-19-38)36-31(28)39(30)23-9-7-22(8-10-23)32(34)15-3-16-32;/h1-2,4-12,17,20H,3,13-16,18-19,34H2,(H2,33,35);1H. The van der Waals surface area contributed by atoms with Gasteiger partial charge in [-0.05, 0) is 73.4 Å². The van der Waals surface area contributed by atoms with Crippen molar-refractivity contribution >= 4 is 40.9 Å². The van der Waals surface area contributed by atoms with Crippen LogP contribution in [-0.2, 0) is 10.3 Å². The second kappa shape index (κ2) is 10.6. The molecule has 0 atom stereocenters. The van der Waals surface area contributed by atoms with Gasteiger partial charge in [0.15, 0.2) is 11.5 Å². The largest absolute Gasteiger partial charge is 0.383 e. The molecule has 2 aliphatic rings. The molecule has 4 N–H and O–H groups in total. The molecule has 1 aliphatic heterocycles. The number of benzene rings is 2. The Hall–Kier alpha value is -4.27. The van der Waals surface area contributed by atoms with Gasteiger partial charge in [-0.25, -0.2) is 15.0 Å². The molecule has 0 spiro atoms. The molecule has 3 aromatic heterocycles. The summed E-state index contributed by atoms with van der Waals surface area (Å²) in [6, 6.07) is 24.6. The number of hydrogen-bond donors (Lipinski definition) is 2. The number of nitrogens with two attached hydrogens (primary N) is 2. The number of nitrogen functional groups attached to an aromatic ring is 1. The molecule has 0 radical (unpaired) electrons. The van der Waals surface area contributed by atoms with Crippen LogP contribution < -0.4 is 16.4 Å². The lowest BCUT2D eigenvalue weighted by atomic mass is 9.73. The summed E-state index contributed by atoms with van der Waals surface area (Å²) in [5.41, 5.74) is 20.0. The number of carbonyl (C=O) groups is 1. The van der Waals surface area contributed by atoms with Gasteiger partial charge in [-0.2, -0.15) is 0 Å². The first-order chi connectivity index (χ1) is 19.5. The van der Waals surface area contributed by atoms with E-state index >= 15 is 0 Å². The lowest BCUT2D eigenvalue weighted by molar-refractivity contribution is -0.119. The Morgan fingerprint density at radius 2 is 1.63 bits per heavy atom. The van der Waals surface area contributed by atoms with Gasteiger partial charge < -0.3 is 16.4 Å². The van der Waals surface area contributed by atoms with E-state index in [2.05, 4.69) is 56.9 Å². The molecule has 1 aliphatic carbocycles. The van der Waals surface area contributed by atoms with Crippen molar-refractivity contribution in [3.8, 4) is 28.3 Å². The van der Waals surface area contributed by atoms with Crippen molar-refractivity contribution in [1.82, 2.24) is 19.5 Å². The summed E-state index contributed by atoms with van der Waals surface area (Å²) in [6.45, 7) is 1.50. The molecular weight excluding hydrogens is 534 g/mol. The molecule has 8 nitrogen and oxygen atoms in total. The van der Waals surface area contributed by atoms with Crippen LogP contribution in [0.5, 0.6) is 0 Å². The average Bonchev–Trinajstić information content (AvgIpc) is 3.35. The number of halogens is 1. The number of anilines is 2. The second-order valence-corrected chi connectivity index (χ2v) is 10.9. The maximum Gasteiger partial charge on any atom is 0.165 e. The van der Waals surface area contributed by atoms with Gasteiger partial charge in [0.2, 0.25) is 0 Å². The summed E-state index contributed by atoms with van der Waals surface area (Å²) in [5.74, 6) is 1.44. The Kier molecular flexibility index (Phi) is 6.97. The van der Waals surface area contributed by atoms with Crippen LogP contribution >= 0.6 is 12.4 Å². The minimum absolute atomic E-state index is 0. The van der Waals surface area contributed by atoms with E-state index in [4.69, 9.17) is 21.4 Å². The van der Waals surface area contributed by atoms with E-state index in [1.165, 1.54) is 6.42 Å². The third kappa shape index (κ3) is 4.83. The molecule has 1 saturated carbocycles. The number of piperidine rings is 1. The van der Waals surface area contributed by atoms with Crippen molar-refractivity contribution in [1.29, 1.82) is 0 Å². The molecule has 208 valence electrons. The quantitative estimate of drug-likeness (QED) is 0.282. The fourth-order valence-electron chi connectivity index (χ4n) is 5.81. The van der Waals surface area contributed by atoms with Crippen molar-refractivity contribution in [2.75, 3.05) is 23.7 Å². The minimum atomic E-state index is -0.232. The molecule has 41 heavy (non-hydrogen) atoms. The molecule has 1 saturated heterocycles. The maximum atomic E-state index is 11.8. The first-order valence-electron chi connectivity index (χ1n) is 13.9. The fourth-order valence-corrected chi connectivity index (χ4v) is 5.81. The van der Waals surface area contributed by atoms with E-state index < -0.39 is 0 Å². The molecular formula is C32H32ClN7O. The van der Waals surface area contributed by atoms with Gasteiger partial charge in [-0.3, -0.25) is 9.36 Å². The predicted octanol–water partition coefficient (Wildman–Crippen LogP) is 5.66. The lowest BCUT2D eigenvalue weighted by Gasteiger charge is -2.38.